The number of guanidine groups is 1. The topological polar surface area (TPSA) is 74.2 Å². The number of imide groups is 1. The van der Waals surface area contributed by atoms with Crippen molar-refractivity contribution in [2.24, 2.45) is 10.9 Å². The molecule has 0 radical (unpaired) electrons. The Morgan fingerprint density at radius 1 is 1.22 bits per heavy atom. The summed E-state index contributed by atoms with van der Waals surface area (Å²) in [7, 11) is 3.54. The van der Waals surface area contributed by atoms with Crippen molar-refractivity contribution < 1.29 is 14.3 Å². The molecule has 7 nitrogen and oxygen atoms in total. The first-order valence-corrected chi connectivity index (χ1v) is 9.55. The predicted molar refractivity (Wildman–Crippen MR) is 104 cm³/mol. The van der Waals surface area contributed by atoms with Crippen LogP contribution in [0.3, 0.4) is 0 Å². The van der Waals surface area contributed by atoms with E-state index >= 15 is 0 Å². The predicted octanol–water partition coefficient (Wildman–Crippen LogP) is 1.61. The smallest absolute Gasteiger partial charge is 0.261 e. The SMILES string of the molecule is CN=C(NCCCCN1C(=O)c2ccccc2C1=O)N1CCC(COC)C1. The van der Waals surface area contributed by atoms with E-state index in [4.69, 9.17) is 4.74 Å². The van der Waals surface area contributed by atoms with Gasteiger partial charge in [-0.2, -0.15) is 0 Å². The second-order valence-corrected chi connectivity index (χ2v) is 7.04. The van der Waals surface area contributed by atoms with Crippen molar-refractivity contribution in [1.29, 1.82) is 0 Å². The molecule has 1 aromatic carbocycles. The van der Waals surface area contributed by atoms with E-state index in [1.54, 1.807) is 38.4 Å². The first-order chi connectivity index (χ1) is 13.2. The maximum absolute atomic E-state index is 12.3. The summed E-state index contributed by atoms with van der Waals surface area (Å²) in [4.78, 5) is 32.7. The lowest BCUT2D eigenvalue weighted by atomic mass is 10.1. The summed E-state index contributed by atoms with van der Waals surface area (Å²) in [5.41, 5.74) is 1.03. The van der Waals surface area contributed by atoms with Crippen molar-refractivity contribution in [2.45, 2.75) is 19.3 Å². The standard InChI is InChI=1S/C20H28N4O3/c1-21-20(23-12-9-15(13-23)14-27-2)22-10-5-6-11-24-18(25)16-7-3-4-8-17(16)19(24)26/h3-4,7-8,15H,5-6,9-14H2,1-2H3,(H,21,22). The summed E-state index contributed by atoms with van der Waals surface area (Å²) in [5.74, 6) is 1.11. The minimum atomic E-state index is -0.180. The molecule has 3 rings (SSSR count). The lowest BCUT2D eigenvalue weighted by Crippen LogP contribution is -2.40. The maximum Gasteiger partial charge on any atom is 0.261 e. The number of aliphatic imine (C=N–C) groups is 1. The first-order valence-electron chi connectivity index (χ1n) is 9.55. The second-order valence-electron chi connectivity index (χ2n) is 7.04. The van der Waals surface area contributed by atoms with Gasteiger partial charge in [-0.05, 0) is 31.4 Å². The van der Waals surface area contributed by atoms with Gasteiger partial charge in [-0.3, -0.25) is 19.5 Å². The zero-order chi connectivity index (χ0) is 19.2. The van der Waals surface area contributed by atoms with E-state index in [2.05, 4.69) is 15.2 Å². The lowest BCUT2D eigenvalue weighted by Gasteiger charge is -2.22. The van der Waals surface area contributed by atoms with Crippen molar-refractivity contribution in [3.8, 4) is 0 Å². The molecule has 0 aromatic heterocycles. The molecule has 2 amide bonds. The number of unbranched alkanes of at least 4 members (excludes halogenated alkanes) is 1. The Labute approximate surface area is 160 Å². The van der Waals surface area contributed by atoms with Gasteiger partial charge in [0.2, 0.25) is 0 Å². The Hall–Kier alpha value is -2.41. The molecule has 1 atom stereocenters. The fourth-order valence-electron chi connectivity index (χ4n) is 3.77. The second kappa shape index (κ2) is 8.99. The summed E-state index contributed by atoms with van der Waals surface area (Å²) in [6.45, 7) is 3.95. The molecule has 0 spiro atoms. The highest BCUT2D eigenvalue weighted by atomic mass is 16.5. The lowest BCUT2D eigenvalue weighted by molar-refractivity contribution is 0.0652. The number of methoxy groups -OCH3 is 1. The number of carbonyl (C=O) groups excluding carboxylic acids is 2. The molecule has 1 saturated heterocycles. The third-order valence-electron chi connectivity index (χ3n) is 5.17. The Kier molecular flexibility index (Phi) is 6.45. The molecule has 2 aliphatic heterocycles. The monoisotopic (exact) mass is 372 g/mol. The van der Waals surface area contributed by atoms with Gasteiger partial charge >= 0.3 is 0 Å². The number of carbonyl (C=O) groups is 2. The minimum Gasteiger partial charge on any atom is -0.384 e. The Bertz CT molecular complexity index is 684. The molecule has 27 heavy (non-hydrogen) atoms. The van der Waals surface area contributed by atoms with Crippen LogP contribution in [0.4, 0.5) is 0 Å². The van der Waals surface area contributed by atoms with Gasteiger partial charge < -0.3 is 15.0 Å². The molecule has 1 aromatic rings. The Balaban J connectivity index is 1.40. The molecule has 2 aliphatic rings. The Morgan fingerprint density at radius 3 is 2.56 bits per heavy atom. The summed E-state index contributed by atoms with van der Waals surface area (Å²) < 4.78 is 5.24. The molecule has 7 heteroatoms. The van der Waals surface area contributed by atoms with Crippen LogP contribution >= 0.6 is 0 Å². The molecule has 0 aliphatic carbocycles. The fourth-order valence-corrected chi connectivity index (χ4v) is 3.77. The summed E-state index contributed by atoms with van der Waals surface area (Å²) >= 11 is 0. The van der Waals surface area contributed by atoms with Crippen LogP contribution in [0.15, 0.2) is 29.3 Å². The van der Waals surface area contributed by atoms with Crippen molar-refractivity contribution >= 4 is 17.8 Å². The third-order valence-corrected chi connectivity index (χ3v) is 5.17. The number of benzene rings is 1. The molecule has 0 saturated carbocycles. The maximum atomic E-state index is 12.3. The quantitative estimate of drug-likeness (QED) is 0.341. The number of likely N-dealkylation sites (tertiary alicyclic amines) is 1. The van der Waals surface area contributed by atoms with Crippen molar-refractivity contribution in [3.05, 3.63) is 35.4 Å². The van der Waals surface area contributed by atoms with Crippen LogP contribution in [0.1, 0.15) is 40.0 Å². The molecule has 1 fully saturated rings. The first kappa shape index (κ1) is 19.4. The van der Waals surface area contributed by atoms with E-state index in [0.717, 1.165) is 51.5 Å². The van der Waals surface area contributed by atoms with E-state index in [-0.39, 0.29) is 11.8 Å². The molecular weight excluding hydrogens is 344 g/mol. The van der Waals surface area contributed by atoms with Crippen molar-refractivity contribution in [1.82, 2.24) is 15.1 Å². The molecular formula is C20H28N4O3. The molecule has 1 N–H and O–H groups in total. The van der Waals surface area contributed by atoms with E-state index in [1.165, 1.54) is 4.90 Å². The molecule has 2 heterocycles. The number of ether oxygens (including phenoxy) is 1. The van der Waals surface area contributed by atoms with Crippen LogP contribution in [-0.2, 0) is 4.74 Å². The third kappa shape index (κ3) is 4.30. The zero-order valence-electron chi connectivity index (χ0n) is 16.1. The highest BCUT2D eigenvalue weighted by Gasteiger charge is 2.34. The number of nitrogens with one attached hydrogen (secondary N) is 1. The van der Waals surface area contributed by atoms with Crippen molar-refractivity contribution in [2.75, 3.05) is 46.9 Å². The average Bonchev–Trinajstić information content (AvgIpc) is 3.24. The normalized spacial score (nSPS) is 19.8. The van der Waals surface area contributed by atoms with Crippen LogP contribution in [0.25, 0.3) is 0 Å². The van der Waals surface area contributed by atoms with Gasteiger partial charge in [-0.15, -0.1) is 0 Å². The van der Waals surface area contributed by atoms with Gasteiger partial charge in [0.05, 0.1) is 17.7 Å². The van der Waals surface area contributed by atoms with Crippen LogP contribution < -0.4 is 5.32 Å². The minimum absolute atomic E-state index is 0.180. The van der Waals surface area contributed by atoms with Gasteiger partial charge in [0.1, 0.15) is 0 Å². The number of rotatable bonds is 7. The summed E-state index contributed by atoms with van der Waals surface area (Å²) in [6.07, 6.45) is 2.75. The van der Waals surface area contributed by atoms with E-state index in [1.807, 2.05) is 0 Å². The number of hydrogen-bond donors (Lipinski definition) is 1. The van der Waals surface area contributed by atoms with E-state index in [0.29, 0.717) is 23.6 Å². The highest BCUT2D eigenvalue weighted by molar-refractivity contribution is 6.21. The van der Waals surface area contributed by atoms with Gasteiger partial charge in [-0.25, -0.2) is 0 Å². The average molecular weight is 372 g/mol. The zero-order valence-corrected chi connectivity index (χ0v) is 16.1. The summed E-state index contributed by atoms with van der Waals surface area (Å²) in [5, 5.41) is 3.39. The molecule has 1 unspecified atom stereocenters. The van der Waals surface area contributed by atoms with Gasteiger partial charge in [0.15, 0.2) is 5.96 Å². The number of hydrogen-bond acceptors (Lipinski definition) is 4. The van der Waals surface area contributed by atoms with Crippen molar-refractivity contribution in [3.63, 3.8) is 0 Å². The number of nitrogens with zero attached hydrogens (tertiary/aromatic N) is 3. The van der Waals surface area contributed by atoms with Crippen LogP contribution in [0.2, 0.25) is 0 Å². The molecule has 146 valence electrons. The van der Waals surface area contributed by atoms with E-state index in [9.17, 15) is 9.59 Å². The van der Waals surface area contributed by atoms with Crippen LogP contribution in [-0.4, -0.2) is 74.5 Å². The van der Waals surface area contributed by atoms with Crippen LogP contribution in [0, 0.1) is 5.92 Å². The van der Waals surface area contributed by atoms with Gasteiger partial charge in [0, 0.05) is 46.3 Å². The highest BCUT2D eigenvalue weighted by Crippen LogP contribution is 2.22. The van der Waals surface area contributed by atoms with Gasteiger partial charge in [0.25, 0.3) is 11.8 Å². The summed E-state index contributed by atoms with van der Waals surface area (Å²) in [6, 6.07) is 7.01. The fraction of sp³-hybridized carbons (Fsp3) is 0.550. The van der Waals surface area contributed by atoms with E-state index < -0.39 is 0 Å². The number of amides is 2. The van der Waals surface area contributed by atoms with Crippen LogP contribution in [0.5, 0.6) is 0 Å². The number of fused-ring (bicyclic) bond motifs is 1. The Morgan fingerprint density at radius 2 is 1.93 bits per heavy atom. The largest absolute Gasteiger partial charge is 0.384 e. The van der Waals surface area contributed by atoms with Gasteiger partial charge in [-0.1, -0.05) is 12.1 Å². The molecule has 0 bridgehead atoms.